The number of hydrogen-bond acceptors (Lipinski definition) is 5. The number of carbonyl (C=O) groups excluding carboxylic acids is 3. The van der Waals surface area contributed by atoms with Crippen molar-refractivity contribution >= 4 is 17.7 Å². The maximum Gasteiger partial charge on any atom is 0.247 e. The van der Waals surface area contributed by atoms with E-state index in [2.05, 4.69) is 0 Å². The second-order valence-corrected chi connectivity index (χ2v) is 7.52. The predicted octanol–water partition coefficient (Wildman–Crippen LogP) is 0.375. The second-order valence-electron chi connectivity index (χ2n) is 7.52. The van der Waals surface area contributed by atoms with E-state index in [9.17, 15) is 19.5 Å². The number of benzene rings is 2. The zero-order valence-electron chi connectivity index (χ0n) is 16.8. The fourth-order valence-corrected chi connectivity index (χ4v) is 3.63. The lowest BCUT2D eigenvalue weighted by molar-refractivity contribution is -0.137. The number of rotatable bonds is 7. The first kappa shape index (κ1) is 21.3. The zero-order valence-corrected chi connectivity index (χ0v) is 16.8. The molecule has 30 heavy (non-hydrogen) atoms. The minimum absolute atomic E-state index is 0.0391. The molecule has 0 aliphatic carbocycles. The van der Waals surface area contributed by atoms with Gasteiger partial charge >= 0.3 is 0 Å². The first-order valence-electron chi connectivity index (χ1n) is 9.75. The Balaban J connectivity index is 1.72. The lowest BCUT2D eigenvalue weighted by Crippen LogP contribution is -2.49. The summed E-state index contributed by atoms with van der Waals surface area (Å²) in [5.41, 5.74) is 13.4. The van der Waals surface area contributed by atoms with Crippen LogP contribution in [0.5, 0.6) is 5.75 Å². The summed E-state index contributed by atoms with van der Waals surface area (Å²) in [5.74, 6) is -1.21. The van der Waals surface area contributed by atoms with E-state index in [1.807, 2.05) is 30.3 Å². The van der Waals surface area contributed by atoms with Gasteiger partial charge < -0.3 is 26.4 Å². The maximum atomic E-state index is 12.9. The highest BCUT2D eigenvalue weighted by atomic mass is 16.3. The fraction of sp³-hybridized carbons (Fsp3) is 0.318. The van der Waals surface area contributed by atoms with Crippen LogP contribution in [-0.4, -0.2) is 57.4 Å². The summed E-state index contributed by atoms with van der Waals surface area (Å²) in [6, 6.07) is 13.3. The summed E-state index contributed by atoms with van der Waals surface area (Å²) in [5, 5.41) is 9.38. The van der Waals surface area contributed by atoms with E-state index in [0.29, 0.717) is 0 Å². The van der Waals surface area contributed by atoms with Crippen molar-refractivity contribution in [3.05, 3.63) is 65.7 Å². The third-order valence-corrected chi connectivity index (χ3v) is 5.38. The third-order valence-electron chi connectivity index (χ3n) is 5.38. The molecule has 0 unspecified atom stereocenters. The van der Waals surface area contributed by atoms with Crippen LogP contribution in [0.1, 0.15) is 18.1 Å². The van der Waals surface area contributed by atoms with Gasteiger partial charge in [-0.15, -0.1) is 0 Å². The van der Waals surface area contributed by atoms with Crippen LogP contribution < -0.4 is 11.5 Å². The Labute approximate surface area is 175 Å². The molecule has 1 heterocycles. The highest BCUT2D eigenvalue weighted by molar-refractivity contribution is 5.95. The molecule has 8 nitrogen and oxygen atoms in total. The van der Waals surface area contributed by atoms with Crippen molar-refractivity contribution in [1.82, 2.24) is 9.80 Å². The smallest absolute Gasteiger partial charge is 0.247 e. The third kappa shape index (κ3) is 4.60. The number of aromatic hydroxyl groups is 1. The molecule has 2 aromatic carbocycles. The molecule has 2 aromatic rings. The van der Waals surface area contributed by atoms with Crippen molar-refractivity contribution in [2.45, 2.75) is 37.9 Å². The molecular formula is C22H26N4O4. The van der Waals surface area contributed by atoms with Crippen molar-refractivity contribution in [2.75, 3.05) is 6.67 Å². The van der Waals surface area contributed by atoms with Crippen LogP contribution in [0.2, 0.25) is 0 Å². The molecule has 0 spiro atoms. The average molecular weight is 410 g/mol. The highest BCUT2D eigenvalue weighted by Gasteiger charge is 2.43. The number of primary amides is 1. The number of nitrogens with zero attached hydrogens (tertiary/aromatic N) is 2. The Morgan fingerprint density at radius 3 is 2.27 bits per heavy atom. The van der Waals surface area contributed by atoms with Gasteiger partial charge in [-0.1, -0.05) is 42.5 Å². The molecule has 1 saturated heterocycles. The Kier molecular flexibility index (Phi) is 6.37. The average Bonchev–Trinajstić information content (AvgIpc) is 3.02. The number of phenols is 1. The van der Waals surface area contributed by atoms with Gasteiger partial charge in [0.25, 0.3) is 0 Å². The van der Waals surface area contributed by atoms with E-state index in [1.54, 1.807) is 19.1 Å². The Hall–Kier alpha value is -3.39. The molecule has 158 valence electrons. The van der Waals surface area contributed by atoms with Gasteiger partial charge in [0, 0.05) is 6.42 Å². The van der Waals surface area contributed by atoms with Gasteiger partial charge in [0.2, 0.25) is 17.7 Å². The van der Waals surface area contributed by atoms with Gasteiger partial charge in [-0.3, -0.25) is 14.4 Å². The number of nitrogens with two attached hydrogens (primary N) is 2. The van der Waals surface area contributed by atoms with E-state index < -0.39 is 24.0 Å². The summed E-state index contributed by atoms with van der Waals surface area (Å²) < 4.78 is 0. The molecule has 3 atom stereocenters. The van der Waals surface area contributed by atoms with Gasteiger partial charge in [0.05, 0.1) is 12.7 Å². The molecule has 5 N–H and O–H groups in total. The van der Waals surface area contributed by atoms with Crippen molar-refractivity contribution in [3.8, 4) is 5.75 Å². The number of phenolic OH excluding ortho intramolecular Hbond substituents is 1. The molecule has 0 radical (unpaired) electrons. The standard InChI is InChI=1S/C22H26N4O4/c1-14-21(29)26(19(20(24)28)12-15-5-3-2-4-6-15)13-25(14)22(30)18(23)11-16-7-9-17(27)10-8-16/h2-10,14,18-19,27H,11-13,23H2,1H3,(H2,24,28)/t14-,18-,19-/m0/s1. The minimum atomic E-state index is -0.856. The minimum Gasteiger partial charge on any atom is -0.508 e. The fourth-order valence-electron chi connectivity index (χ4n) is 3.63. The monoisotopic (exact) mass is 410 g/mol. The quantitative estimate of drug-likeness (QED) is 0.607. The molecule has 3 rings (SSSR count). The van der Waals surface area contributed by atoms with Gasteiger partial charge in [-0.05, 0) is 36.6 Å². The molecule has 1 fully saturated rings. The van der Waals surface area contributed by atoms with Crippen LogP contribution in [-0.2, 0) is 27.2 Å². The summed E-state index contributed by atoms with van der Waals surface area (Å²) >= 11 is 0. The van der Waals surface area contributed by atoms with Crippen LogP contribution in [0.3, 0.4) is 0 Å². The van der Waals surface area contributed by atoms with Crippen LogP contribution in [0.25, 0.3) is 0 Å². The van der Waals surface area contributed by atoms with Crippen molar-refractivity contribution in [1.29, 1.82) is 0 Å². The van der Waals surface area contributed by atoms with E-state index >= 15 is 0 Å². The van der Waals surface area contributed by atoms with Crippen LogP contribution in [0.4, 0.5) is 0 Å². The summed E-state index contributed by atoms with van der Waals surface area (Å²) in [6.45, 7) is 1.58. The van der Waals surface area contributed by atoms with E-state index in [1.165, 1.54) is 21.9 Å². The predicted molar refractivity (Wildman–Crippen MR) is 111 cm³/mol. The van der Waals surface area contributed by atoms with Gasteiger partial charge in [-0.2, -0.15) is 0 Å². The summed E-state index contributed by atoms with van der Waals surface area (Å²) in [6.07, 6.45) is 0.538. The number of amides is 3. The molecule has 0 aromatic heterocycles. The molecule has 3 amide bonds. The van der Waals surface area contributed by atoms with E-state index in [-0.39, 0.29) is 37.1 Å². The lowest BCUT2D eigenvalue weighted by Gasteiger charge is -2.26. The van der Waals surface area contributed by atoms with Gasteiger partial charge in [0.15, 0.2) is 0 Å². The first-order valence-corrected chi connectivity index (χ1v) is 9.75. The van der Waals surface area contributed by atoms with Gasteiger partial charge in [0.1, 0.15) is 17.8 Å². The molecule has 0 saturated carbocycles. The van der Waals surface area contributed by atoms with E-state index in [4.69, 9.17) is 11.5 Å². The number of carbonyl (C=O) groups is 3. The van der Waals surface area contributed by atoms with Gasteiger partial charge in [-0.25, -0.2) is 0 Å². The lowest BCUT2D eigenvalue weighted by atomic mass is 10.0. The van der Waals surface area contributed by atoms with Crippen molar-refractivity contribution < 1.29 is 19.5 Å². The Bertz CT molecular complexity index is 916. The first-order chi connectivity index (χ1) is 14.3. The largest absolute Gasteiger partial charge is 0.508 e. The van der Waals surface area contributed by atoms with Crippen LogP contribution in [0.15, 0.2) is 54.6 Å². The highest BCUT2D eigenvalue weighted by Crippen LogP contribution is 2.21. The Morgan fingerprint density at radius 2 is 1.67 bits per heavy atom. The van der Waals surface area contributed by atoms with Crippen LogP contribution >= 0.6 is 0 Å². The molecule has 0 bridgehead atoms. The SMILES string of the molecule is C[C@H]1C(=O)N([C@@H](Cc2ccccc2)C(N)=O)CN1C(=O)[C@@H](N)Cc1ccc(O)cc1. The van der Waals surface area contributed by atoms with Crippen molar-refractivity contribution in [2.24, 2.45) is 11.5 Å². The molecule has 1 aliphatic heterocycles. The normalized spacial score (nSPS) is 18.3. The van der Waals surface area contributed by atoms with Crippen LogP contribution in [0, 0.1) is 0 Å². The summed E-state index contributed by atoms with van der Waals surface area (Å²) in [7, 11) is 0. The summed E-state index contributed by atoms with van der Waals surface area (Å²) in [4.78, 5) is 40.6. The Morgan fingerprint density at radius 1 is 1.07 bits per heavy atom. The molecule has 1 aliphatic rings. The molecule has 8 heteroatoms. The topological polar surface area (TPSA) is 130 Å². The number of hydrogen-bond donors (Lipinski definition) is 3. The zero-order chi connectivity index (χ0) is 21.8. The maximum absolute atomic E-state index is 12.9. The van der Waals surface area contributed by atoms with E-state index in [0.717, 1.165) is 11.1 Å². The second kappa shape index (κ2) is 8.96. The van der Waals surface area contributed by atoms with Crippen molar-refractivity contribution in [3.63, 3.8) is 0 Å². The molecular weight excluding hydrogens is 384 g/mol.